The zero-order chi connectivity index (χ0) is 14.5. The Bertz CT molecular complexity index is 536. The van der Waals surface area contributed by atoms with Gasteiger partial charge in [-0.05, 0) is 31.9 Å². The number of aryl methyl sites for hydroxylation is 1. The molecule has 5 heteroatoms. The van der Waals surface area contributed by atoms with Crippen LogP contribution in [-0.2, 0) is 0 Å². The minimum atomic E-state index is -0.154. The van der Waals surface area contributed by atoms with E-state index in [0.717, 1.165) is 25.7 Å². The number of carbonyl (C=O) groups excluding carboxylic acids is 1. The van der Waals surface area contributed by atoms with Crippen LogP contribution >= 0.6 is 0 Å². The zero-order valence-corrected chi connectivity index (χ0v) is 11.7. The summed E-state index contributed by atoms with van der Waals surface area (Å²) in [5, 5.41) is 18.4. The van der Waals surface area contributed by atoms with Gasteiger partial charge in [0.2, 0.25) is 0 Å². The molecule has 1 unspecified atom stereocenters. The Balaban J connectivity index is 2.25. The Morgan fingerprint density at radius 1 is 1.50 bits per heavy atom. The van der Waals surface area contributed by atoms with Gasteiger partial charge in [0.25, 0.3) is 5.91 Å². The van der Waals surface area contributed by atoms with Crippen LogP contribution in [0.3, 0.4) is 0 Å². The summed E-state index contributed by atoms with van der Waals surface area (Å²) in [5.41, 5.74) is 1.40. The van der Waals surface area contributed by atoms with E-state index >= 15 is 0 Å². The Morgan fingerprint density at radius 2 is 2.30 bits per heavy atom. The van der Waals surface area contributed by atoms with Crippen LogP contribution in [0.5, 0.6) is 0 Å². The molecule has 0 saturated carbocycles. The summed E-state index contributed by atoms with van der Waals surface area (Å²) in [4.78, 5) is 18.5. The minimum absolute atomic E-state index is 0.0129. The van der Waals surface area contributed by atoms with Crippen molar-refractivity contribution in [1.82, 2.24) is 9.88 Å². The summed E-state index contributed by atoms with van der Waals surface area (Å²) in [5.74, 6) is -0.154. The van der Waals surface area contributed by atoms with Crippen LogP contribution in [0.2, 0.25) is 0 Å². The summed E-state index contributed by atoms with van der Waals surface area (Å²) in [6, 6.07) is 5.14. The SMILES string of the molecule is Cc1nc(C(=O)N2CCCCCC2CO)ccc1C#N. The van der Waals surface area contributed by atoms with Crippen molar-refractivity contribution in [3.8, 4) is 6.07 Å². The molecule has 1 aromatic heterocycles. The summed E-state index contributed by atoms with van der Waals surface area (Å²) in [6.45, 7) is 2.37. The van der Waals surface area contributed by atoms with Crippen molar-refractivity contribution < 1.29 is 9.90 Å². The highest BCUT2D eigenvalue weighted by Gasteiger charge is 2.26. The lowest BCUT2D eigenvalue weighted by Crippen LogP contribution is -2.42. The van der Waals surface area contributed by atoms with E-state index in [4.69, 9.17) is 5.26 Å². The average molecular weight is 273 g/mol. The number of rotatable bonds is 2. The molecule has 20 heavy (non-hydrogen) atoms. The second-order valence-electron chi connectivity index (χ2n) is 5.13. The number of nitriles is 1. The van der Waals surface area contributed by atoms with Crippen LogP contribution < -0.4 is 0 Å². The number of hydrogen-bond acceptors (Lipinski definition) is 4. The molecular weight excluding hydrogens is 254 g/mol. The third-order valence-electron chi connectivity index (χ3n) is 3.77. The van der Waals surface area contributed by atoms with E-state index in [0.29, 0.717) is 23.5 Å². The number of likely N-dealkylation sites (tertiary alicyclic amines) is 1. The largest absolute Gasteiger partial charge is 0.394 e. The van der Waals surface area contributed by atoms with Gasteiger partial charge in [-0.3, -0.25) is 4.79 Å². The molecule has 2 heterocycles. The molecule has 0 bridgehead atoms. The first-order valence-electron chi connectivity index (χ1n) is 6.97. The van der Waals surface area contributed by atoms with Gasteiger partial charge in [0.15, 0.2) is 0 Å². The van der Waals surface area contributed by atoms with Gasteiger partial charge in [-0.2, -0.15) is 5.26 Å². The molecule has 1 aromatic rings. The van der Waals surface area contributed by atoms with Crippen LogP contribution in [0, 0.1) is 18.3 Å². The van der Waals surface area contributed by atoms with Gasteiger partial charge in [-0.1, -0.05) is 12.8 Å². The Hall–Kier alpha value is -1.93. The smallest absolute Gasteiger partial charge is 0.272 e. The van der Waals surface area contributed by atoms with Crippen molar-refractivity contribution in [3.05, 3.63) is 29.1 Å². The summed E-state index contributed by atoms with van der Waals surface area (Å²) in [6.07, 6.45) is 3.91. The number of amides is 1. The third-order valence-corrected chi connectivity index (χ3v) is 3.77. The van der Waals surface area contributed by atoms with Gasteiger partial charge < -0.3 is 10.0 Å². The van der Waals surface area contributed by atoms with Crippen LogP contribution in [0.25, 0.3) is 0 Å². The van der Waals surface area contributed by atoms with Gasteiger partial charge >= 0.3 is 0 Å². The van der Waals surface area contributed by atoms with Crippen molar-refractivity contribution >= 4 is 5.91 Å². The van der Waals surface area contributed by atoms with Crippen molar-refractivity contribution in [2.45, 2.75) is 38.6 Å². The quantitative estimate of drug-likeness (QED) is 0.888. The molecule has 106 valence electrons. The molecule has 0 aliphatic carbocycles. The zero-order valence-electron chi connectivity index (χ0n) is 11.7. The molecule has 0 radical (unpaired) electrons. The second kappa shape index (κ2) is 6.49. The molecule has 1 saturated heterocycles. The lowest BCUT2D eigenvalue weighted by molar-refractivity contribution is 0.0593. The Labute approximate surface area is 118 Å². The first-order chi connectivity index (χ1) is 9.67. The highest BCUT2D eigenvalue weighted by atomic mass is 16.3. The molecule has 1 amide bonds. The molecule has 1 atom stereocenters. The minimum Gasteiger partial charge on any atom is -0.394 e. The summed E-state index contributed by atoms with van der Waals surface area (Å²) >= 11 is 0. The van der Waals surface area contributed by atoms with E-state index in [9.17, 15) is 9.90 Å². The molecule has 0 spiro atoms. The van der Waals surface area contributed by atoms with E-state index in [1.165, 1.54) is 0 Å². The molecule has 5 nitrogen and oxygen atoms in total. The summed E-state index contributed by atoms with van der Waals surface area (Å²) < 4.78 is 0. The number of aliphatic hydroxyl groups excluding tert-OH is 1. The van der Waals surface area contributed by atoms with Crippen LogP contribution in [-0.4, -0.2) is 40.1 Å². The lowest BCUT2D eigenvalue weighted by atomic mass is 10.1. The fourth-order valence-electron chi connectivity index (χ4n) is 2.58. The maximum absolute atomic E-state index is 12.5. The molecule has 1 fully saturated rings. The number of pyridine rings is 1. The van der Waals surface area contributed by atoms with Gasteiger partial charge in [-0.15, -0.1) is 0 Å². The average Bonchev–Trinajstić information content (AvgIpc) is 2.71. The molecule has 2 rings (SSSR count). The molecular formula is C15H19N3O2. The second-order valence-corrected chi connectivity index (χ2v) is 5.13. The Kier molecular flexibility index (Phi) is 4.70. The monoisotopic (exact) mass is 273 g/mol. The fourth-order valence-corrected chi connectivity index (χ4v) is 2.58. The first kappa shape index (κ1) is 14.5. The molecule has 0 aromatic carbocycles. The topological polar surface area (TPSA) is 77.2 Å². The molecule has 1 aliphatic rings. The van der Waals surface area contributed by atoms with E-state index in [1.807, 2.05) is 6.07 Å². The number of hydrogen-bond donors (Lipinski definition) is 1. The van der Waals surface area contributed by atoms with Crippen LogP contribution in [0.15, 0.2) is 12.1 Å². The van der Waals surface area contributed by atoms with Gasteiger partial charge in [0.05, 0.1) is 23.9 Å². The first-order valence-corrected chi connectivity index (χ1v) is 6.97. The number of aromatic nitrogens is 1. The summed E-state index contributed by atoms with van der Waals surface area (Å²) in [7, 11) is 0. The van der Waals surface area contributed by atoms with Crippen molar-refractivity contribution in [1.29, 1.82) is 5.26 Å². The normalized spacial score (nSPS) is 19.2. The van der Waals surface area contributed by atoms with E-state index in [1.54, 1.807) is 24.0 Å². The Morgan fingerprint density at radius 3 is 2.95 bits per heavy atom. The van der Waals surface area contributed by atoms with E-state index in [-0.39, 0.29) is 18.6 Å². The number of aliphatic hydroxyl groups is 1. The molecule has 1 aliphatic heterocycles. The number of nitrogens with zero attached hydrogens (tertiary/aromatic N) is 3. The maximum Gasteiger partial charge on any atom is 0.272 e. The van der Waals surface area contributed by atoms with E-state index < -0.39 is 0 Å². The van der Waals surface area contributed by atoms with Crippen molar-refractivity contribution in [2.24, 2.45) is 0 Å². The fraction of sp³-hybridized carbons (Fsp3) is 0.533. The highest BCUT2D eigenvalue weighted by Crippen LogP contribution is 2.19. The molecule has 1 N–H and O–H groups in total. The van der Waals surface area contributed by atoms with Crippen LogP contribution in [0.1, 0.15) is 47.4 Å². The maximum atomic E-state index is 12.5. The highest BCUT2D eigenvalue weighted by molar-refractivity contribution is 5.92. The lowest BCUT2D eigenvalue weighted by Gasteiger charge is -2.28. The number of carbonyl (C=O) groups is 1. The van der Waals surface area contributed by atoms with Crippen molar-refractivity contribution in [2.75, 3.05) is 13.2 Å². The predicted octanol–water partition coefficient (Wildman–Crippen LogP) is 1.64. The van der Waals surface area contributed by atoms with Crippen molar-refractivity contribution in [3.63, 3.8) is 0 Å². The van der Waals surface area contributed by atoms with Gasteiger partial charge in [-0.25, -0.2) is 4.98 Å². The van der Waals surface area contributed by atoms with Crippen LogP contribution in [0.4, 0.5) is 0 Å². The van der Waals surface area contributed by atoms with E-state index in [2.05, 4.69) is 4.98 Å². The predicted molar refractivity (Wildman–Crippen MR) is 74.1 cm³/mol. The van der Waals surface area contributed by atoms with Gasteiger partial charge in [0, 0.05) is 6.54 Å². The standard InChI is InChI=1S/C15H19N3O2/c1-11-12(9-16)6-7-14(17-11)15(20)18-8-4-2-3-5-13(18)10-19/h6-7,13,19H,2-5,8,10H2,1H3. The third kappa shape index (κ3) is 2.97. The van der Waals surface area contributed by atoms with Gasteiger partial charge in [0.1, 0.15) is 11.8 Å².